The van der Waals surface area contributed by atoms with Crippen molar-refractivity contribution < 1.29 is 19.0 Å². The van der Waals surface area contributed by atoms with E-state index in [1.165, 1.54) is 0 Å². The van der Waals surface area contributed by atoms with Gasteiger partial charge in [-0.15, -0.1) is 0 Å². The van der Waals surface area contributed by atoms with Crippen LogP contribution >= 0.6 is 0 Å². The maximum atomic E-state index is 10.3. The van der Waals surface area contributed by atoms with Gasteiger partial charge in [-0.2, -0.15) is 0 Å². The van der Waals surface area contributed by atoms with Crippen LogP contribution in [0, 0.1) is 5.92 Å². The van der Waals surface area contributed by atoms with Gasteiger partial charge in [0.05, 0.1) is 19.8 Å². The summed E-state index contributed by atoms with van der Waals surface area (Å²) in [7, 11) is -0.00972. The maximum absolute atomic E-state index is 10.3. The van der Waals surface area contributed by atoms with Crippen molar-refractivity contribution in [2.75, 3.05) is 20.3 Å². The SMILES string of the molecule is COc1ccc(COC[C@H](C)C[C@@H](O)CCCO[Si](C)(C)C(C)(C)C)cc1. The van der Waals surface area contributed by atoms with Crippen LogP contribution in [0.4, 0.5) is 0 Å². The van der Waals surface area contributed by atoms with Crippen molar-refractivity contribution >= 4 is 8.32 Å². The molecule has 0 radical (unpaired) electrons. The van der Waals surface area contributed by atoms with Crippen molar-refractivity contribution in [2.45, 2.75) is 77.8 Å². The van der Waals surface area contributed by atoms with Crippen molar-refractivity contribution in [2.24, 2.45) is 5.92 Å². The van der Waals surface area contributed by atoms with Gasteiger partial charge < -0.3 is 19.0 Å². The van der Waals surface area contributed by atoms with Gasteiger partial charge >= 0.3 is 0 Å². The highest BCUT2D eigenvalue weighted by molar-refractivity contribution is 6.74. The highest BCUT2D eigenvalue weighted by Crippen LogP contribution is 2.36. The third-order valence-electron chi connectivity index (χ3n) is 5.46. The van der Waals surface area contributed by atoms with Gasteiger partial charge in [0.2, 0.25) is 0 Å². The first-order valence-corrected chi connectivity index (χ1v) is 13.0. The molecule has 0 bridgehead atoms. The molecule has 1 aromatic carbocycles. The largest absolute Gasteiger partial charge is 0.497 e. The van der Waals surface area contributed by atoms with E-state index in [2.05, 4.69) is 40.8 Å². The van der Waals surface area contributed by atoms with E-state index in [4.69, 9.17) is 13.9 Å². The Balaban J connectivity index is 2.17. The Bertz CT molecular complexity index is 522. The molecule has 0 aliphatic heterocycles. The smallest absolute Gasteiger partial charge is 0.191 e. The lowest BCUT2D eigenvalue weighted by Crippen LogP contribution is -2.41. The summed E-state index contributed by atoms with van der Waals surface area (Å²) in [6.07, 6.45) is 2.18. The van der Waals surface area contributed by atoms with E-state index in [9.17, 15) is 5.11 Å². The van der Waals surface area contributed by atoms with Crippen molar-refractivity contribution in [1.29, 1.82) is 0 Å². The molecule has 0 aliphatic rings. The predicted molar refractivity (Wildman–Crippen MR) is 115 cm³/mol. The van der Waals surface area contributed by atoms with Gasteiger partial charge in [0.15, 0.2) is 8.32 Å². The molecular weight excluding hydrogens is 356 g/mol. The lowest BCUT2D eigenvalue weighted by atomic mass is 10.0. The normalized spacial score (nSPS) is 14.8. The monoisotopic (exact) mass is 396 g/mol. The van der Waals surface area contributed by atoms with Crippen LogP contribution in [0.2, 0.25) is 18.1 Å². The summed E-state index contributed by atoms with van der Waals surface area (Å²) in [6.45, 7) is 15.4. The molecule has 0 aromatic heterocycles. The first kappa shape index (κ1) is 24.2. The molecule has 1 rings (SSSR count). The van der Waals surface area contributed by atoms with Crippen molar-refractivity contribution in [1.82, 2.24) is 0 Å². The molecular formula is C22H40O4Si. The number of rotatable bonds is 12. The van der Waals surface area contributed by atoms with Crippen LogP contribution in [-0.2, 0) is 15.8 Å². The van der Waals surface area contributed by atoms with Gasteiger partial charge in [-0.05, 0) is 61.0 Å². The molecule has 4 nitrogen and oxygen atoms in total. The van der Waals surface area contributed by atoms with E-state index in [-0.39, 0.29) is 11.1 Å². The van der Waals surface area contributed by atoms with E-state index in [0.29, 0.717) is 19.1 Å². The summed E-state index contributed by atoms with van der Waals surface area (Å²) in [5.41, 5.74) is 1.13. The lowest BCUT2D eigenvalue weighted by Gasteiger charge is -2.36. The second-order valence-corrected chi connectivity index (χ2v) is 13.9. The van der Waals surface area contributed by atoms with Crippen LogP contribution in [0.3, 0.4) is 0 Å². The zero-order chi connectivity index (χ0) is 20.5. The van der Waals surface area contributed by atoms with Gasteiger partial charge in [-0.1, -0.05) is 39.8 Å². The summed E-state index contributed by atoms with van der Waals surface area (Å²) in [5.74, 6) is 1.19. The fraction of sp³-hybridized carbons (Fsp3) is 0.727. The Labute approximate surface area is 167 Å². The van der Waals surface area contributed by atoms with Crippen molar-refractivity contribution in [3.05, 3.63) is 29.8 Å². The number of ether oxygens (including phenoxy) is 2. The summed E-state index contributed by atoms with van der Waals surface area (Å²) in [5, 5.41) is 10.5. The van der Waals surface area contributed by atoms with Crippen LogP contribution in [0.1, 0.15) is 52.5 Å². The van der Waals surface area contributed by atoms with E-state index in [0.717, 1.165) is 37.2 Å². The third-order valence-corrected chi connectivity index (χ3v) is 9.99. The second-order valence-electron chi connectivity index (χ2n) is 9.11. The molecule has 0 heterocycles. The number of hydrogen-bond donors (Lipinski definition) is 1. The Morgan fingerprint density at radius 3 is 2.30 bits per heavy atom. The zero-order valence-electron chi connectivity index (χ0n) is 18.4. The highest BCUT2D eigenvalue weighted by Gasteiger charge is 2.36. The number of aliphatic hydroxyl groups excluding tert-OH is 1. The fourth-order valence-corrected chi connectivity index (χ4v) is 3.70. The van der Waals surface area contributed by atoms with Crippen LogP contribution in [0.25, 0.3) is 0 Å². The molecule has 27 heavy (non-hydrogen) atoms. The standard InChI is InChI=1S/C22H40O4Si/c1-18(16-25-17-19-10-12-21(24-5)13-11-19)15-20(23)9-8-14-26-27(6,7)22(2,3)4/h10-13,18,20,23H,8-9,14-17H2,1-7H3/t18-,20+/m1/s1. The minimum absolute atomic E-state index is 0.237. The molecule has 1 aromatic rings. The second kappa shape index (κ2) is 11.2. The Morgan fingerprint density at radius 1 is 1.11 bits per heavy atom. The highest BCUT2D eigenvalue weighted by atomic mass is 28.4. The van der Waals surface area contributed by atoms with Gasteiger partial charge in [0, 0.05) is 13.2 Å². The molecule has 1 N–H and O–H groups in total. The molecule has 0 saturated heterocycles. The van der Waals surface area contributed by atoms with Gasteiger partial charge in [0.25, 0.3) is 0 Å². The minimum atomic E-state index is -1.67. The van der Waals surface area contributed by atoms with Gasteiger partial charge in [-0.3, -0.25) is 0 Å². The predicted octanol–water partition coefficient (Wildman–Crippen LogP) is 5.40. The van der Waals surface area contributed by atoms with E-state index in [1.807, 2.05) is 24.3 Å². The first-order valence-electron chi connectivity index (χ1n) is 10.1. The number of methoxy groups -OCH3 is 1. The van der Waals surface area contributed by atoms with Crippen molar-refractivity contribution in [3.63, 3.8) is 0 Å². The molecule has 0 amide bonds. The van der Waals surface area contributed by atoms with Gasteiger partial charge in [0.1, 0.15) is 5.75 Å². The van der Waals surface area contributed by atoms with Crippen LogP contribution in [0.15, 0.2) is 24.3 Å². The minimum Gasteiger partial charge on any atom is -0.497 e. The average molecular weight is 397 g/mol. The van der Waals surface area contributed by atoms with Crippen LogP contribution in [0.5, 0.6) is 5.75 Å². The topological polar surface area (TPSA) is 47.9 Å². The Hall–Kier alpha value is -0.883. The van der Waals surface area contributed by atoms with E-state index in [1.54, 1.807) is 7.11 Å². The summed E-state index contributed by atoms with van der Waals surface area (Å²) in [6, 6.07) is 7.91. The van der Waals surface area contributed by atoms with Crippen molar-refractivity contribution in [3.8, 4) is 5.75 Å². The lowest BCUT2D eigenvalue weighted by molar-refractivity contribution is 0.0608. The average Bonchev–Trinajstić information content (AvgIpc) is 2.58. The summed E-state index contributed by atoms with van der Waals surface area (Å²) < 4.78 is 17.1. The Kier molecular flexibility index (Phi) is 10.0. The van der Waals surface area contributed by atoms with E-state index < -0.39 is 8.32 Å². The first-order chi connectivity index (χ1) is 12.5. The molecule has 0 aliphatic carbocycles. The molecule has 156 valence electrons. The Morgan fingerprint density at radius 2 is 1.74 bits per heavy atom. The molecule has 2 atom stereocenters. The fourth-order valence-electron chi connectivity index (χ4n) is 2.61. The maximum Gasteiger partial charge on any atom is 0.191 e. The molecule has 0 unspecified atom stereocenters. The molecule has 0 fully saturated rings. The third kappa shape index (κ3) is 9.24. The number of aliphatic hydroxyl groups is 1. The van der Waals surface area contributed by atoms with Crippen LogP contribution < -0.4 is 4.74 Å². The molecule has 5 heteroatoms. The van der Waals surface area contributed by atoms with Gasteiger partial charge in [-0.25, -0.2) is 0 Å². The molecule has 0 spiro atoms. The zero-order valence-corrected chi connectivity index (χ0v) is 19.4. The van der Waals surface area contributed by atoms with Crippen LogP contribution in [-0.4, -0.2) is 39.9 Å². The van der Waals surface area contributed by atoms with E-state index >= 15 is 0 Å². The summed E-state index contributed by atoms with van der Waals surface area (Å²) >= 11 is 0. The molecule has 0 saturated carbocycles. The number of benzene rings is 1. The summed E-state index contributed by atoms with van der Waals surface area (Å²) in [4.78, 5) is 0. The quantitative estimate of drug-likeness (QED) is 0.379. The number of hydrogen-bond acceptors (Lipinski definition) is 4.